The predicted octanol–water partition coefficient (Wildman–Crippen LogP) is 3.44. The Labute approximate surface area is 186 Å². The molecule has 0 spiro atoms. The minimum atomic E-state index is -1.02. The first-order chi connectivity index (χ1) is 15.2. The third-order valence-corrected chi connectivity index (χ3v) is 5.09. The fraction of sp³-hybridized carbons (Fsp3) is 0.208. The highest BCUT2D eigenvalue weighted by molar-refractivity contribution is 5.73. The molecule has 0 fully saturated rings. The molecule has 3 heterocycles. The molecule has 8 heteroatoms. The van der Waals surface area contributed by atoms with E-state index in [1.54, 1.807) is 36.9 Å². The van der Waals surface area contributed by atoms with Crippen molar-refractivity contribution in [1.29, 1.82) is 5.26 Å². The van der Waals surface area contributed by atoms with Crippen LogP contribution in [0.5, 0.6) is 0 Å². The second-order valence-electron chi connectivity index (χ2n) is 8.11. The van der Waals surface area contributed by atoms with Crippen LogP contribution in [-0.4, -0.2) is 29.8 Å². The Morgan fingerprint density at radius 2 is 1.84 bits per heavy atom. The van der Waals surface area contributed by atoms with Crippen molar-refractivity contribution in [2.45, 2.75) is 32.9 Å². The van der Waals surface area contributed by atoms with Crippen molar-refractivity contribution in [2.75, 3.05) is 5.73 Å². The van der Waals surface area contributed by atoms with E-state index in [9.17, 15) is 10.4 Å². The van der Waals surface area contributed by atoms with Crippen molar-refractivity contribution < 1.29 is 5.11 Å². The van der Waals surface area contributed by atoms with Gasteiger partial charge in [-0.1, -0.05) is 24.3 Å². The van der Waals surface area contributed by atoms with Crippen molar-refractivity contribution in [1.82, 2.24) is 24.7 Å². The van der Waals surface area contributed by atoms with E-state index in [1.807, 2.05) is 43.5 Å². The second kappa shape index (κ2) is 8.21. The maximum absolute atomic E-state index is 10.2. The molecule has 0 unspecified atom stereocenters. The number of aromatic nitrogens is 5. The number of nitrogen functional groups attached to an aromatic ring is 1. The molecule has 4 rings (SSSR count). The van der Waals surface area contributed by atoms with Gasteiger partial charge in [-0.2, -0.15) is 10.4 Å². The summed E-state index contributed by atoms with van der Waals surface area (Å²) in [7, 11) is 0. The number of nitriles is 1. The van der Waals surface area contributed by atoms with E-state index in [2.05, 4.69) is 26.1 Å². The molecule has 32 heavy (non-hydrogen) atoms. The van der Waals surface area contributed by atoms with Crippen LogP contribution in [0.1, 0.15) is 36.4 Å². The number of hydrogen-bond donors (Lipinski definition) is 2. The van der Waals surface area contributed by atoms with E-state index in [0.29, 0.717) is 34.8 Å². The molecular weight excluding hydrogens is 402 g/mol. The van der Waals surface area contributed by atoms with Crippen molar-refractivity contribution in [3.05, 3.63) is 77.4 Å². The number of pyridine rings is 1. The minimum Gasteiger partial charge on any atom is -0.384 e. The van der Waals surface area contributed by atoms with Gasteiger partial charge < -0.3 is 10.8 Å². The van der Waals surface area contributed by atoms with Gasteiger partial charge in [-0.3, -0.25) is 9.67 Å². The highest BCUT2D eigenvalue weighted by atomic mass is 16.3. The molecular formula is C24H23N7O. The van der Waals surface area contributed by atoms with Gasteiger partial charge in [0.1, 0.15) is 11.7 Å². The average molecular weight is 425 g/mol. The summed E-state index contributed by atoms with van der Waals surface area (Å²) in [6.07, 6.45) is 3.55. The zero-order valence-electron chi connectivity index (χ0n) is 18.1. The molecule has 4 aromatic rings. The number of anilines is 1. The van der Waals surface area contributed by atoms with Gasteiger partial charge in [-0.05, 0) is 44.5 Å². The summed E-state index contributed by atoms with van der Waals surface area (Å²) in [5, 5.41) is 24.2. The molecule has 0 bridgehead atoms. The summed E-state index contributed by atoms with van der Waals surface area (Å²) in [5.41, 5.74) is 10.5. The van der Waals surface area contributed by atoms with Crippen LogP contribution in [-0.2, 0) is 12.1 Å². The predicted molar refractivity (Wildman–Crippen MR) is 121 cm³/mol. The lowest BCUT2D eigenvalue weighted by Gasteiger charge is -2.17. The summed E-state index contributed by atoms with van der Waals surface area (Å²) < 4.78 is 1.75. The van der Waals surface area contributed by atoms with Gasteiger partial charge in [0.2, 0.25) is 5.95 Å². The summed E-state index contributed by atoms with van der Waals surface area (Å²) in [6, 6.07) is 15.2. The lowest BCUT2D eigenvalue weighted by molar-refractivity contribution is 0.0736. The molecule has 1 aromatic carbocycles. The van der Waals surface area contributed by atoms with Gasteiger partial charge in [-0.15, -0.1) is 0 Å². The quantitative estimate of drug-likeness (QED) is 0.501. The minimum absolute atomic E-state index is 0.121. The lowest BCUT2D eigenvalue weighted by Crippen LogP contribution is -2.18. The number of nitrogens with zero attached hydrogens (tertiary/aromatic N) is 6. The summed E-state index contributed by atoms with van der Waals surface area (Å²) in [6.45, 7) is 5.73. The Hall–Kier alpha value is -4.09. The molecule has 3 N–H and O–H groups in total. The molecule has 0 aliphatic carbocycles. The Balaban J connectivity index is 1.66. The van der Waals surface area contributed by atoms with Gasteiger partial charge in [0.05, 0.1) is 41.1 Å². The Kier molecular flexibility index (Phi) is 5.43. The number of rotatable bonds is 5. The number of benzene rings is 1. The van der Waals surface area contributed by atoms with Gasteiger partial charge in [0.25, 0.3) is 0 Å². The van der Waals surface area contributed by atoms with Crippen LogP contribution < -0.4 is 5.73 Å². The van der Waals surface area contributed by atoms with E-state index >= 15 is 0 Å². The third-order valence-electron chi connectivity index (χ3n) is 5.09. The molecule has 160 valence electrons. The molecule has 0 atom stereocenters. The maximum atomic E-state index is 10.2. The lowest BCUT2D eigenvalue weighted by atomic mass is 9.99. The molecule has 3 aromatic heterocycles. The summed E-state index contributed by atoms with van der Waals surface area (Å²) >= 11 is 0. The van der Waals surface area contributed by atoms with E-state index in [4.69, 9.17) is 5.73 Å². The van der Waals surface area contributed by atoms with Gasteiger partial charge in [-0.25, -0.2) is 9.97 Å². The van der Waals surface area contributed by atoms with Crippen molar-refractivity contribution in [2.24, 2.45) is 0 Å². The molecule has 0 amide bonds. The number of aliphatic hydroxyl groups is 1. The first-order valence-electron chi connectivity index (χ1n) is 10.1. The smallest absolute Gasteiger partial charge is 0.221 e. The molecule has 0 aliphatic heterocycles. The Morgan fingerprint density at radius 1 is 1.09 bits per heavy atom. The molecule has 8 nitrogen and oxygen atoms in total. The molecule has 0 radical (unpaired) electrons. The number of aryl methyl sites for hydroxylation is 1. The van der Waals surface area contributed by atoms with E-state index in [-0.39, 0.29) is 5.95 Å². The van der Waals surface area contributed by atoms with Crippen molar-refractivity contribution in [3.63, 3.8) is 0 Å². The van der Waals surface area contributed by atoms with Gasteiger partial charge >= 0.3 is 0 Å². The standard InChI is InChI=1S/C24H23N7O/c1-15-6-4-8-18(19(15)11-25)21-10-20(29-23(26)30-21)16-12-27-31(13-16)14-17-7-5-9-22(28-17)24(2,3)32/h4-10,12-13,32H,14H2,1-3H3,(H2,26,29,30). The van der Waals surface area contributed by atoms with Crippen molar-refractivity contribution >= 4 is 5.95 Å². The first kappa shape index (κ1) is 21.2. The monoisotopic (exact) mass is 425 g/mol. The first-order valence-corrected chi connectivity index (χ1v) is 10.1. The zero-order chi connectivity index (χ0) is 22.9. The highest BCUT2D eigenvalue weighted by Crippen LogP contribution is 2.28. The van der Waals surface area contributed by atoms with E-state index in [1.165, 1.54) is 0 Å². The van der Waals surface area contributed by atoms with Crippen LogP contribution in [0.3, 0.4) is 0 Å². The maximum Gasteiger partial charge on any atom is 0.221 e. The van der Waals surface area contributed by atoms with Crippen LogP contribution >= 0.6 is 0 Å². The van der Waals surface area contributed by atoms with Crippen molar-refractivity contribution in [3.8, 4) is 28.6 Å². The number of nitrogens with two attached hydrogens (primary N) is 1. The fourth-order valence-corrected chi connectivity index (χ4v) is 3.44. The molecule has 0 saturated heterocycles. The summed E-state index contributed by atoms with van der Waals surface area (Å²) in [5.74, 6) is 0.121. The highest BCUT2D eigenvalue weighted by Gasteiger charge is 2.18. The SMILES string of the molecule is Cc1cccc(-c2cc(-c3cnn(Cc4cccc(C(C)(C)O)n4)c3)nc(N)n2)c1C#N. The van der Waals surface area contributed by atoms with Gasteiger partial charge in [0, 0.05) is 17.3 Å². The van der Waals surface area contributed by atoms with Crippen LogP contribution in [0, 0.1) is 18.3 Å². The van der Waals surface area contributed by atoms with Crippen LogP contribution in [0.15, 0.2) is 54.9 Å². The number of hydrogen-bond acceptors (Lipinski definition) is 7. The zero-order valence-corrected chi connectivity index (χ0v) is 18.1. The largest absolute Gasteiger partial charge is 0.384 e. The van der Waals surface area contributed by atoms with Gasteiger partial charge in [0.15, 0.2) is 0 Å². The van der Waals surface area contributed by atoms with Crippen LogP contribution in [0.2, 0.25) is 0 Å². The van der Waals surface area contributed by atoms with Crippen LogP contribution in [0.4, 0.5) is 5.95 Å². The Bertz CT molecular complexity index is 1330. The molecule has 0 saturated carbocycles. The fourth-order valence-electron chi connectivity index (χ4n) is 3.44. The normalized spacial score (nSPS) is 11.3. The van der Waals surface area contributed by atoms with E-state index < -0.39 is 5.60 Å². The topological polar surface area (TPSA) is 127 Å². The average Bonchev–Trinajstić information content (AvgIpc) is 3.21. The summed E-state index contributed by atoms with van der Waals surface area (Å²) in [4.78, 5) is 13.2. The van der Waals surface area contributed by atoms with Crippen LogP contribution in [0.25, 0.3) is 22.5 Å². The second-order valence-corrected chi connectivity index (χ2v) is 8.11. The Morgan fingerprint density at radius 3 is 2.59 bits per heavy atom. The van der Waals surface area contributed by atoms with E-state index in [0.717, 1.165) is 16.8 Å². The molecule has 0 aliphatic rings. The third kappa shape index (κ3) is 4.33.